The summed E-state index contributed by atoms with van der Waals surface area (Å²) in [5.41, 5.74) is 1.94. The molecule has 98 valence electrons. The van der Waals surface area contributed by atoms with Crippen LogP contribution in [0.5, 0.6) is 0 Å². The minimum absolute atomic E-state index is 0.154. The number of piperidine rings is 1. The van der Waals surface area contributed by atoms with E-state index in [1.54, 1.807) is 0 Å². The Kier molecular flexibility index (Phi) is 4.10. The van der Waals surface area contributed by atoms with Crippen molar-refractivity contribution in [1.82, 2.24) is 4.90 Å². The molecule has 1 aromatic rings. The van der Waals surface area contributed by atoms with Crippen molar-refractivity contribution >= 4 is 21.8 Å². The van der Waals surface area contributed by atoms with Crippen molar-refractivity contribution < 1.29 is 4.79 Å². The molecule has 0 unspecified atom stereocenters. The summed E-state index contributed by atoms with van der Waals surface area (Å²) in [5.74, 6) is 0.154. The van der Waals surface area contributed by atoms with E-state index < -0.39 is 0 Å². The second kappa shape index (κ2) is 5.43. The smallest absolute Gasteiger partial charge is 0.255 e. The molecule has 2 rings (SSSR count). The molecule has 1 aliphatic heterocycles. The summed E-state index contributed by atoms with van der Waals surface area (Å²) < 4.78 is 0.900. The Morgan fingerprint density at radius 3 is 2.44 bits per heavy atom. The van der Waals surface area contributed by atoms with Crippen LogP contribution in [0.2, 0.25) is 0 Å². The SMILES string of the molecule is Cc1ccc(C(=O)N2[C@H](C)CCC[C@@H]2C)c(Br)c1. The van der Waals surface area contributed by atoms with Crippen LogP contribution in [-0.2, 0) is 0 Å². The molecule has 3 heteroatoms. The van der Waals surface area contributed by atoms with Gasteiger partial charge in [-0.25, -0.2) is 0 Å². The van der Waals surface area contributed by atoms with E-state index in [2.05, 4.69) is 29.8 Å². The zero-order valence-electron chi connectivity index (χ0n) is 11.2. The van der Waals surface area contributed by atoms with Crippen LogP contribution in [-0.4, -0.2) is 22.9 Å². The fraction of sp³-hybridized carbons (Fsp3) is 0.533. The van der Waals surface area contributed by atoms with Crippen molar-refractivity contribution in [3.05, 3.63) is 33.8 Å². The number of rotatable bonds is 1. The summed E-state index contributed by atoms with van der Waals surface area (Å²) in [5, 5.41) is 0. The molecule has 0 radical (unpaired) electrons. The highest BCUT2D eigenvalue weighted by Gasteiger charge is 2.30. The van der Waals surface area contributed by atoms with Gasteiger partial charge < -0.3 is 4.90 Å². The standard InChI is InChI=1S/C15H20BrNO/c1-10-7-8-13(14(16)9-10)15(18)17-11(2)5-4-6-12(17)3/h7-9,11-12H,4-6H2,1-3H3/t11-,12+. The maximum atomic E-state index is 12.6. The third-order valence-electron chi connectivity index (χ3n) is 3.78. The maximum absolute atomic E-state index is 12.6. The van der Waals surface area contributed by atoms with Gasteiger partial charge in [-0.15, -0.1) is 0 Å². The number of aryl methyl sites for hydroxylation is 1. The highest BCUT2D eigenvalue weighted by molar-refractivity contribution is 9.10. The van der Waals surface area contributed by atoms with E-state index >= 15 is 0 Å². The summed E-state index contributed by atoms with van der Waals surface area (Å²) in [7, 11) is 0. The molecule has 0 aliphatic carbocycles. The molecule has 0 spiro atoms. The van der Waals surface area contributed by atoms with Crippen LogP contribution < -0.4 is 0 Å². The van der Waals surface area contributed by atoms with E-state index in [0.717, 1.165) is 28.4 Å². The number of hydrogen-bond acceptors (Lipinski definition) is 1. The third kappa shape index (κ3) is 2.61. The summed E-state index contributed by atoms with van der Waals surface area (Å²) in [6.07, 6.45) is 3.44. The molecule has 2 nitrogen and oxygen atoms in total. The second-order valence-corrected chi connectivity index (χ2v) is 6.18. The van der Waals surface area contributed by atoms with Crippen LogP contribution in [0, 0.1) is 6.92 Å². The first-order valence-electron chi connectivity index (χ1n) is 6.59. The van der Waals surface area contributed by atoms with Gasteiger partial charge >= 0.3 is 0 Å². The number of likely N-dealkylation sites (tertiary alicyclic amines) is 1. The van der Waals surface area contributed by atoms with Crippen LogP contribution in [0.1, 0.15) is 49.0 Å². The summed E-state index contributed by atoms with van der Waals surface area (Å²) in [6, 6.07) is 6.61. The zero-order valence-corrected chi connectivity index (χ0v) is 12.8. The Labute approximate surface area is 117 Å². The molecular weight excluding hydrogens is 290 g/mol. The van der Waals surface area contributed by atoms with E-state index in [-0.39, 0.29) is 5.91 Å². The Bertz CT molecular complexity index is 448. The average Bonchev–Trinajstić information content (AvgIpc) is 2.28. The highest BCUT2D eigenvalue weighted by Crippen LogP contribution is 2.27. The lowest BCUT2D eigenvalue weighted by Crippen LogP contribution is -2.47. The van der Waals surface area contributed by atoms with Crippen molar-refractivity contribution in [3.63, 3.8) is 0 Å². The number of amides is 1. The molecule has 18 heavy (non-hydrogen) atoms. The number of hydrogen-bond donors (Lipinski definition) is 0. The Morgan fingerprint density at radius 1 is 1.28 bits per heavy atom. The molecule has 1 aromatic carbocycles. The van der Waals surface area contributed by atoms with Gasteiger partial charge in [0.25, 0.3) is 5.91 Å². The van der Waals surface area contributed by atoms with Gasteiger partial charge in [-0.1, -0.05) is 6.07 Å². The Morgan fingerprint density at radius 2 is 1.89 bits per heavy atom. The first-order valence-corrected chi connectivity index (χ1v) is 7.39. The molecule has 0 saturated carbocycles. The lowest BCUT2D eigenvalue weighted by molar-refractivity contribution is 0.0510. The van der Waals surface area contributed by atoms with Crippen molar-refractivity contribution in [3.8, 4) is 0 Å². The van der Waals surface area contributed by atoms with Gasteiger partial charge in [0.05, 0.1) is 5.56 Å². The molecule has 0 bridgehead atoms. The third-order valence-corrected chi connectivity index (χ3v) is 4.44. The van der Waals surface area contributed by atoms with Crippen molar-refractivity contribution in [2.24, 2.45) is 0 Å². The number of halogens is 1. The Hall–Kier alpha value is -0.830. The van der Waals surface area contributed by atoms with E-state index in [4.69, 9.17) is 0 Å². The van der Waals surface area contributed by atoms with Gasteiger partial charge in [0, 0.05) is 16.6 Å². The van der Waals surface area contributed by atoms with Crippen molar-refractivity contribution in [2.75, 3.05) is 0 Å². The summed E-state index contributed by atoms with van der Waals surface area (Å²) >= 11 is 3.51. The predicted octanol–water partition coefficient (Wildman–Crippen LogP) is 4.16. The van der Waals surface area contributed by atoms with Gasteiger partial charge in [0.2, 0.25) is 0 Å². The largest absolute Gasteiger partial charge is 0.333 e. The van der Waals surface area contributed by atoms with Gasteiger partial charge in [-0.2, -0.15) is 0 Å². The number of carbonyl (C=O) groups is 1. The fourth-order valence-electron chi connectivity index (χ4n) is 2.75. The van der Waals surface area contributed by atoms with E-state index in [9.17, 15) is 4.79 Å². The fourth-order valence-corrected chi connectivity index (χ4v) is 3.42. The molecule has 2 atom stereocenters. The van der Waals surface area contributed by atoms with E-state index in [1.165, 1.54) is 6.42 Å². The van der Waals surface area contributed by atoms with E-state index in [1.807, 2.05) is 30.0 Å². The monoisotopic (exact) mass is 309 g/mol. The van der Waals surface area contributed by atoms with Crippen LogP contribution in [0.15, 0.2) is 22.7 Å². The van der Waals surface area contributed by atoms with Crippen molar-refractivity contribution in [2.45, 2.75) is 52.1 Å². The molecule has 1 fully saturated rings. The van der Waals surface area contributed by atoms with Crippen LogP contribution >= 0.6 is 15.9 Å². The van der Waals surface area contributed by atoms with Gasteiger partial charge in [0.1, 0.15) is 0 Å². The molecule has 1 amide bonds. The van der Waals surface area contributed by atoms with Crippen molar-refractivity contribution in [1.29, 1.82) is 0 Å². The molecule has 1 saturated heterocycles. The molecular formula is C15H20BrNO. The molecule has 1 heterocycles. The maximum Gasteiger partial charge on any atom is 0.255 e. The van der Waals surface area contributed by atoms with Crippen LogP contribution in [0.4, 0.5) is 0 Å². The highest BCUT2D eigenvalue weighted by atomic mass is 79.9. The molecule has 1 aliphatic rings. The quantitative estimate of drug-likeness (QED) is 0.762. The van der Waals surface area contributed by atoms with Crippen LogP contribution in [0.3, 0.4) is 0 Å². The Balaban J connectivity index is 2.29. The summed E-state index contributed by atoms with van der Waals surface area (Å²) in [6.45, 7) is 6.33. The minimum Gasteiger partial charge on any atom is -0.333 e. The normalized spacial score (nSPS) is 24.1. The first-order chi connectivity index (χ1) is 8.50. The van der Waals surface area contributed by atoms with Gasteiger partial charge in [-0.3, -0.25) is 4.79 Å². The minimum atomic E-state index is 0.154. The zero-order chi connectivity index (χ0) is 13.3. The number of benzene rings is 1. The number of nitrogens with zero attached hydrogens (tertiary/aromatic N) is 1. The lowest BCUT2D eigenvalue weighted by atomic mass is 9.96. The average molecular weight is 310 g/mol. The second-order valence-electron chi connectivity index (χ2n) is 5.32. The molecule has 0 N–H and O–H groups in total. The van der Waals surface area contributed by atoms with Gasteiger partial charge in [0.15, 0.2) is 0 Å². The van der Waals surface area contributed by atoms with Gasteiger partial charge in [-0.05, 0) is 73.7 Å². The molecule has 0 aromatic heterocycles. The van der Waals surface area contributed by atoms with Crippen LogP contribution in [0.25, 0.3) is 0 Å². The summed E-state index contributed by atoms with van der Waals surface area (Å²) in [4.78, 5) is 14.7. The first kappa shape index (κ1) is 13.6. The number of carbonyl (C=O) groups excluding carboxylic acids is 1. The predicted molar refractivity (Wildman–Crippen MR) is 77.8 cm³/mol. The lowest BCUT2D eigenvalue weighted by Gasteiger charge is -2.39. The van der Waals surface area contributed by atoms with E-state index in [0.29, 0.717) is 12.1 Å². The topological polar surface area (TPSA) is 20.3 Å².